The summed E-state index contributed by atoms with van der Waals surface area (Å²) in [6.45, 7) is 8.58. The van der Waals surface area contributed by atoms with Crippen LogP contribution in [-0.4, -0.2) is 61.3 Å². The van der Waals surface area contributed by atoms with Gasteiger partial charge in [0, 0.05) is 38.4 Å². The molecular formula is C24H36IN5O2. The highest BCUT2D eigenvalue weighted by atomic mass is 127. The van der Waals surface area contributed by atoms with Crippen LogP contribution in [0.4, 0.5) is 0 Å². The maximum absolute atomic E-state index is 5.97. The van der Waals surface area contributed by atoms with Crippen molar-refractivity contribution in [2.45, 2.75) is 45.4 Å². The Kier molecular flexibility index (Phi) is 11.6. The molecule has 0 spiro atoms. The number of halogens is 1. The van der Waals surface area contributed by atoms with Gasteiger partial charge in [-0.3, -0.25) is 9.88 Å². The van der Waals surface area contributed by atoms with Gasteiger partial charge in [-0.05, 0) is 63.1 Å². The zero-order chi connectivity index (χ0) is 21.9. The molecule has 32 heavy (non-hydrogen) atoms. The minimum absolute atomic E-state index is 0. The van der Waals surface area contributed by atoms with Crippen LogP contribution >= 0.6 is 24.0 Å². The fraction of sp³-hybridized carbons (Fsp3) is 0.500. The first-order valence-corrected chi connectivity index (χ1v) is 11.1. The third-order valence-electron chi connectivity index (χ3n) is 5.29. The van der Waals surface area contributed by atoms with E-state index in [1.807, 2.05) is 43.5 Å². The molecule has 2 heterocycles. The van der Waals surface area contributed by atoms with Crippen molar-refractivity contribution in [1.82, 2.24) is 20.5 Å². The van der Waals surface area contributed by atoms with Crippen LogP contribution < -0.4 is 20.1 Å². The summed E-state index contributed by atoms with van der Waals surface area (Å²) in [4.78, 5) is 11.7. The van der Waals surface area contributed by atoms with Crippen molar-refractivity contribution in [2.24, 2.45) is 4.99 Å². The van der Waals surface area contributed by atoms with E-state index in [0.717, 1.165) is 62.2 Å². The first-order valence-electron chi connectivity index (χ1n) is 11.1. The summed E-state index contributed by atoms with van der Waals surface area (Å²) >= 11 is 0. The number of nitrogens with one attached hydrogen (secondary N) is 2. The smallest absolute Gasteiger partial charge is 0.191 e. The van der Waals surface area contributed by atoms with E-state index in [4.69, 9.17) is 14.5 Å². The monoisotopic (exact) mass is 553 g/mol. The Morgan fingerprint density at radius 2 is 1.88 bits per heavy atom. The third-order valence-corrected chi connectivity index (χ3v) is 5.29. The standard InChI is InChI=1S/C24H35N5O2.HI/c1-4-25-24(27-17-19(2)31-23-10-8-22(30-3)9-11-23)28-20-12-15-29(16-13-20)18-21-7-5-6-14-26-21;/h5-11,14,19-20H,4,12-13,15-18H2,1-3H3,(H2,25,27,28);1H. The molecule has 1 atom stereocenters. The highest BCUT2D eigenvalue weighted by Crippen LogP contribution is 2.18. The van der Waals surface area contributed by atoms with Gasteiger partial charge >= 0.3 is 0 Å². The van der Waals surface area contributed by atoms with Crippen molar-refractivity contribution in [3.63, 3.8) is 0 Å². The first-order chi connectivity index (χ1) is 15.2. The van der Waals surface area contributed by atoms with Gasteiger partial charge < -0.3 is 20.1 Å². The number of piperidine rings is 1. The molecule has 0 aliphatic carbocycles. The molecule has 176 valence electrons. The Labute approximate surface area is 209 Å². The van der Waals surface area contributed by atoms with Crippen LogP contribution in [0.25, 0.3) is 0 Å². The zero-order valence-corrected chi connectivity index (χ0v) is 21.6. The Morgan fingerprint density at radius 1 is 1.16 bits per heavy atom. The molecule has 1 unspecified atom stereocenters. The van der Waals surface area contributed by atoms with Gasteiger partial charge in [-0.1, -0.05) is 6.07 Å². The van der Waals surface area contributed by atoms with E-state index >= 15 is 0 Å². The highest BCUT2D eigenvalue weighted by Gasteiger charge is 2.20. The lowest BCUT2D eigenvalue weighted by Crippen LogP contribution is -2.48. The molecule has 7 nitrogen and oxygen atoms in total. The molecule has 8 heteroatoms. The van der Waals surface area contributed by atoms with Crippen molar-refractivity contribution in [1.29, 1.82) is 0 Å². The van der Waals surface area contributed by atoms with Gasteiger partial charge in [0.2, 0.25) is 0 Å². The molecule has 0 amide bonds. The number of likely N-dealkylation sites (tertiary alicyclic amines) is 1. The number of aliphatic imine (C=N–C) groups is 1. The van der Waals surface area contributed by atoms with E-state index in [1.54, 1.807) is 7.11 Å². The van der Waals surface area contributed by atoms with E-state index in [0.29, 0.717) is 12.6 Å². The number of ether oxygens (including phenoxy) is 2. The molecule has 3 rings (SSSR count). The van der Waals surface area contributed by atoms with Crippen LogP contribution in [0, 0.1) is 0 Å². The average Bonchev–Trinajstić information content (AvgIpc) is 2.80. The van der Waals surface area contributed by atoms with Gasteiger partial charge in [0.25, 0.3) is 0 Å². The molecule has 1 aromatic heterocycles. The van der Waals surface area contributed by atoms with Crippen molar-refractivity contribution in [2.75, 3.05) is 33.3 Å². The number of pyridine rings is 1. The maximum atomic E-state index is 5.97. The van der Waals surface area contributed by atoms with Gasteiger partial charge in [-0.2, -0.15) is 0 Å². The van der Waals surface area contributed by atoms with Gasteiger partial charge in [0.05, 0.1) is 19.3 Å². The third kappa shape index (κ3) is 8.82. The predicted molar refractivity (Wildman–Crippen MR) is 140 cm³/mol. The lowest BCUT2D eigenvalue weighted by atomic mass is 10.0. The largest absolute Gasteiger partial charge is 0.497 e. The topological polar surface area (TPSA) is 71.0 Å². The molecule has 1 aromatic carbocycles. The molecule has 2 aromatic rings. The summed E-state index contributed by atoms with van der Waals surface area (Å²) in [6.07, 6.45) is 4.02. The van der Waals surface area contributed by atoms with Gasteiger partial charge in [-0.25, -0.2) is 4.99 Å². The fourth-order valence-corrected chi connectivity index (χ4v) is 3.61. The summed E-state index contributed by atoms with van der Waals surface area (Å²) in [7, 11) is 1.66. The Morgan fingerprint density at radius 3 is 2.50 bits per heavy atom. The fourth-order valence-electron chi connectivity index (χ4n) is 3.61. The number of nitrogens with zero attached hydrogens (tertiary/aromatic N) is 3. The Balaban J connectivity index is 0.00000363. The van der Waals surface area contributed by atoms with Crippen LogP contribution in [0.3, 0.4) is 0 Å². The van der Waals surface area contributed by atoms with Crippen LogP contribution in [-0.2, 0) is 6.54 Å². The molecule has 2 N–H and O–H groups in total. The SMILES string of the molecule is CCNC(=NCC(C)Oc1ccc(OC)cc1)NC1CCN(Cc2ccccn2)CC1.I. The summed E-state index contributed by atoms with van der Waals surface area (Å²) in [5.74, 6) is 2.50. The second-order valence-corrected chi connectivity index (χ2v) is 7.84. The van der Waals surface area contributed by atoms with E-state index in [2.05, 4.69) is 39.6 Å². The van der Waals surface area contributed by atoms with Crippen molar-refractivity contribution < 1.29 is 9.47 Å². The summed E-state index contributed by atoms with van der Waals surface area (Å²) in [5, 5.41) is 6.96. The van der Waals surface area contributed by atoms with Crippen molar-refractivity contribution in [3.8, 4) is 11.5 Å². The number of aromatic nitrogens is 1. The molecular weight excluding hydrogens is 517 g/mol. The quantitative estimate of drug-likeness (QED) is 0.281. The van der Waals surface area contributed by atoms with Gasteiger partial charge in [-0.15, -0.1) is 24.0 Å². The minimum atomic E-state index is -0.0240. The van der Waals surface area contributed by atoms with E-state index in [-0.39, 0.29) is 30.1 Å². The molecule has 1 saturated heterocycles. The first kappa shape index (κ1) is 26.2. The predicted octanol–water partition coefficient (Wildman–Crippen LogP) is 3.70. The van der Waals surface area contributed by atoms with Gasteiger partial charge in [0.15, 0.2) is 5.96 Å². The van der Waals surface area contributed by atoms with Crippen LogP contribution in [0.2, 0.25) is 0 Å². The minimum Gasteiger partial charge on any atom is -0.497 e. The summed E-state index contributed by atoms with van der Waals surface area (Å²) < 4.78 is 11.2. The highest BCUT2D eigenvalue weighted by molar-refractivity contribution is 14.0. The van der Waals surface area contributed by atoms with Crippen molar-refractivity contribution in [3.05, 3.63) is 54.4 Å². The van der Waals surface area contributed by atoms with Crippen LogP contribution in [0.1, 0.15) is 32.4 Å². The van der Waals surface area contributed by atoms with Crippen LogP contribution in [0.15, 0.2) is 53.7 Å². The Hall–Kier alpha value is -2.07. The molecule has 1 aliphatic rings. The number of hydrogen-bond donors (Lipinski definition) is 2. The second-order valence-electron chi connectivity index (χ2n) is 7.84. The average molecular weight is 553 g/mol. The molecule has 0 bridgehead atoms. The molecule has 0 radical (unpaired) electrons. The summed E-state index contributed by atoms with van der Waals surface area (Å²) in [6, 6.07) is 14.2. The maximum Gasteiger partial charge on any atom is 0.191 e. The lowest BCUT2D eigenvalue weighted by Gasteiger charge is -2.33. The number of hydrogen-bond acceptors (Lipinski definition) is 5. The number of rotatable bonds is 9. The zero-order valence-electron chi connectivity index (χ0n) is 19.3. The Bertz CT molecular complexity index is 796. The normalized spacial score (nSPS) is 16.0. The van der Waals surface area contributed by atoms with Crippen LogP contribution in [0.5, 0.6) is 11.5 Å². The molecule has 0 saturated carbocycles. The van der Waals surface area contributed by atoms with Crippen molar-refractivity contribution >= 4 is 29.9 Å². The van der Waals surface area contributed by atoms with E-state index < -0.39 is 0 Å². The van der Waals surface area contributed by atoms with Gasteiger partial charge in [0.1, 0.15) is 17.6 Å². The van der Waals surface area contributed by atoms with E-state index in [9.17, 15) is 0 Å². The molecule has 1 aliphatic heterocycles. The number of benzene rings is 1. The summed E-state index contributed by atoms with van der Waals surface area (Å²) in [5.41, 5.74) is 1.13. The second kappa shape index (κ2) is 14.2. The lowest BCUT2D eigenvalue weighted by molar-refractivity contribution is 0.196. The van der Waals surface area contributed by atoms with E-state index in [1.165, 1.54) is 0 Å². The number of methoxy groups -OCH3 is 1. The number of guanidine groups is 1. The molecule has 1 fully saturated rings.